The van der Waals surface area contributed by atoms with E-state index in [2.05, 4.69) is 5.10 Å². The highest BCUT2D eigenvalue weighted by Gasteiger charge is 2.13. The summed E-state index contributed by atoms with van der Waals surface area (Å²) in [6.45, 7) is 3.92. The van der Waals surface area contributed by atoms with Crippen LogP contribution in [-0.4, -0.2) is 28.3 Å². The van der Waals surface area contributed by atoms with E-state index < -0.39 is 5.91 Å². The number of ether oxygens (including phenoxy) is 1. The lowest BCUT2D eigenvalue weighted by Crippen LogP contribution is -2.16. The maximum Gasteiger partial charge on any atom is 0.307 e. The van der Waals surface area contributed by atoms with Crippen molar-refractivity contribution in [2.24, 2.45) is 5.73 Å². The van der Waals surface area contributed by atoms with Gasteiger partial charge in [0.25, 0.3) is 5.91 Å². The summed E-state index contributed by atoms with van der Waals surface area (Å²) in [5.74, 6) is -0.867. The first kappa shape index (κ1) is 12.2. The lowest BCUT2D eigenvalue weighted by molar-refractivity contribution is -0.143. The molecule has 0 bridgehead atoms. The van der Waals surface area contributed by atoms with Crippen molar-refractivity contribution in [1.29, 1.82) is 0 Å². The van der Waals surface area contributed by atoms with Crippen molar-refractivity contribution >= 4 is 11.9 Å². The molecule has 16 heavy (non-hydrogen) atoms. The molecule has 0 fully saturated rings. The zero-order chi connectivity index (χ0) is 12.1. The summed E-state index contributed by atoms with van der Waals surface area (Å²) in [7, 11) is 0. The summed E-state index contributed by atoms with van der Waals surface area (Å²) in [5.41, 5.74) is 5.26. The molecule has 0 spiro atoms. The summed E-state index contributed by atoms with van der Waals surface area (Å²) >= 11 is 0. The van der Waals surface area contributed by atoms with E-state index in [0.717, 1.165) is 0 Å². The quantitative estimate of drug-likeness (QED) is 0.739. The van der Waals surface area contributed by atoms with Crippen LogP contribution in [0.4, 0.5) is 0 Å². The summed E-state index contributed by atoms with van der Waals surface area (Å²) < 4.78 is 6.34. The average Bonchev–Trinajstić information content (AvgIpc) is 2.66. The number of carbonyl (C=O) groups is 2. The molecule has 1 aromatic rings. The Labute approximate surface area is 93.4 Å². The first-order valence-corrected chi connectivity index (χ1v) is 5.05. The Balaban J connectivity index is 2.62. The van der Waals surface area contributed by atoms with Crippen LogP contribution in [0, 0.1) is 0 Å². The number of amides is 1. The van der Waals surface area contributed by atoms with Gasteiger partial charge in [-0.3, -0.25) is 14.3 Å². The topological polar surface area (TPSA) is 87.2 Å². The standard InChI is InChI=1S/C10H15N3O3/c1-3-16-9(14)6-7(2)13-5-4-8(12-13)10(11)15/h4-5,7H,3,6H2,1-2H3,(H2,11,15). The lowest BCUT2D eigenvalue weighted by atomic mass is 10.2. The molecule has 2 N–H and O–H groups in total. The summed E-state index contributed by atoms with van der Waals surface area (Å²) in [4.78, 5) is 22.0. The van der Waals surface area contributed by atoms with Crippen molar-refractivity contribution in [3.8, 4) is 0 Å². The van der Waals surface area contributed by atoms with Gasteiger partial charge < -0.3 is 10.5 Å². The largest absolute Gasteiger partial charge is 0.466 e. The fourth-order valence-corrected chi connectivity index (χ4v) is 1.27. The average molecular weight is 225 g/mol. The number of hydrogen-bond donors (Lipinski definition) is 1. The Kier molecular flexibility index (Phi) is 4.04. The van der Waals surface area contributed by atoms with Crippen molar-refractivity contribution < 1.29 is 14.3 Å². The van der Waals surface area contributed by atoms with Crippen LogP contribution in [-0.2, 0) is 9.53 Å². The molecule has 1 heterocycles. The number of nitrogens with zero attached hydrogens (tertiary/aromatic N) is 2. The van der Waals surface area contributed by atoms with E-state index in [-0.39, 0.29) is 24.1 Å². The Bertz CT molecular complexity index is 386. The predicted molar refractivity (Wildman–Crippen MR) is 56.7 cm³/mol. The molecular weight excluding hydrogens is 210 g/mol. The van der Waals surface area contributed by atoms with Crippen LogP contribution in [0.5, 0.6) is 0 Å². The fourth-order valence-electron chi connectivity index (χ4n) is 1.27. The highest BCUT2D eigenvalue weighted by molar-refractivity contribution is 5.90. The van der Waals surface area contributed by atoms with Gasteiger partial charge in [0.05, 0.1) is 19.1 Å². The molecule has 1 unspecified atom stereocenters. The molecule has 0 saturated carbocycles. The maximum absolute atomic E-state index is 11.2. The van der Waals surface area contributed by atoms with E-state index in [1.54, 1.807) is 13.1 Å². The zero-order valence-electron chi connectivity index (χ0n) is 9.34. The summed E-state index contributed by atoms with van der Waals surface area (Å²) in [6, 6.07) is 1.36. The van der Waals surface area contributed by atoms with E-state index in [9.17, 15) is 9.59 Å². The van der Waals surface area contributed by atoms with Gasteiger partial charge in [0.2, 0.25) is 0 Å². The second-order valence-corrected chi connectivity index (χ2v) is 3.40. The molecule has 88 valence electrons. The van der Waals surface area contributed by atoms with Gasteiger partial charge in [0.1, 0.15) is 5.69 Å². The van der Waals surface area contributed by atoms with Crippen LogP contribution in [0.25, 0.3) is 0 Å². The van der Waals surface area contributed by atoms with Crippen molar-refractivity contribution in [2.45, 2.75) is 26.3 Å². The SMILES string of the molecule is CCOC(=O)CC(C)n1ccc(C(N)=O)n1. The van der Waals surface area contributed by atoms with E-state index in [1.165, 1.54) is 10.7 Å². The van der Waals surface area contributed by atoms with Gasteiger partial charge in [-0.1, -0.05) is 0 Å². The first-order valence-electron chi connectivity index (χ1n) is 5.05. The van der Waals surface area contributed by atoms with Gasteiger partial charge in [0.15, 0.2) is 0 Å². The van der Waals surface area contributed by atoms with Gasteiger partial charge in [-0.15, -0.1) is 0 Å². The number of hydrogen-bond acceptors (Lipinski definition) is 4. The molecule has 0 aliphatic carbocycles. The molecule has 1 rings (SSSR count). The molecule has 6 nitrogen and oxygen atoms in total. The van der Waals surface area contributed by atoms with Gasteiger partial charge in [-0.05, 0) is 19.9 Å². The first-order chi connectivity index (χ1) is 7.54. The Hall–Kier alpha value is -1.85. The second-order valence-electron chi connectivity index (χ2n) is 3.40. The monoisotopic (exact) mass is 225 g/mol. The number of esters is 1. The predicted octanol–water partition coefficient (Wildman–Crippen LogP) is 0.496. The maximum atomic E-state index is 11.2. The van der Waals surface area contributed by atoms with E-state index in [1.807, 2.05) is 6.92 Å². The van der Waals surface area contributed by atoms with E-state index in [4.69, 9.17) is 10.5 Å². The van der Waals surface area contributed by atoms with Crippen molar-refractivity contribution in [3.63, 3.8) is 0 Å². The molecule has 0 saturated heterocycles. The minimum atomic E-state index is -0.581. The lowest BCUT2D eigenvalue weighted by Gasteiger charge is -2.10. The van der Waals surface area contributed by atoms with E-state index in [0.29, 0.717) is 6.61 Å². The molecule has 1 aromatic heterocycles. The fraction of sp³-hybridized carbons (Fsp3) is 0.500. The Morgan fingerprint density at radius 3 is 2.81 bits per heavy atom. The highest BCUT2D eigenvalue weighted by atomic mass is 16.5. The van der Waals surface area contributed by atoms with Gasteiger partial charge in [0, 0.05) is 6.20 Å². The van der Waals surface area contributed by atoms with Crippen LogP contribution < -0.4 is 5.73 Å². The third kappa shape index (κ3) is 3.08. The molecule has 6 heteroatoms. The minimum absolute atomic E-state index is 0.160. The van der Waals surface area contributed by atoms with Gasteiger partial charge in [-0.25, -0.2) is 0 Å². The molecule has 0 aromatic carbocycles. The van der Waals surface area contributed by atoms with Crippen molar-refractivity contribution in [1.82, 2.24) is 9.78 Å². The molecule has 1 amide bonds. The number of rotatable bonds is 5. The molecule has 0 aliphatic rings. The smallest absolute Gasteiger partial charge is 0.307 e. The van der Waals surface area contributed by atoms with Gasteiger partial charge in [-0.2, -0.15) is 5.10 Å². The Morgan fingerprint density at radius 1 is 1.62 bits per heavy atom. The van der Waals surface area contributed by atoms with Crippen LogP contribution in [0.1, 0.15) is 36.8 Å². The third-order valence-corrected chi connectivity index (χ3v) is 2.08. The summed E-state index contributed by atoms with van der Waals surface area (Å²) in [5, 5.41) is 3.96. The normalized spacial score (nSPS) is 12.1. The number of aromatic nitrogens is 2. The van der Waals surface area contributed by atoms with Crippen LogP contribution in [0.3, 0.4) is 0 Å². The number of nitrogens with two attached hydrogens (primary N) is 1. The minimum Gasteiger partial charge on any atom is -0.466 e. The van der Waals surface area contributed by atoms with Crippen LogP contribution in [0.2, 0.25) is 0 Å². The molecule has 0 radical (unpaired) electrons. The van der Waals surface area contributed by atoms with E-state index >= 15 is 0 Å². The van der Waals surface area contributed by atoms with Crippen LogP contribution >= 0.6 is 0 Å². The van der Waals surface area contributed by atoms with Crippen LogP contribution in [0.15, 0.2) is 12.3 Å². The number of carbonyl (C=O) groups excluding carboxylic acids is 2. The van der Waals surface area contributed by atoms with Crippen molar-refractivity contribution in [2.75, 3.05) is 6.61 Å². The highest BCUT2D eigenvalue weighted by Crippen LogP contribution is 2.10. The number of primary amides is 1. The van der Waals surface area contributed by atoms with Crippen molar-refractivity contribution in [3.05, 3.63) is 18.0 Å². The third-order valence-electron chi connectivity index (χ3n) is 2.08. The molecule has 1 atom stereocenters. The summed E-state index contributed by atoms with van der Waals surface area (Å²) in [6.07, 6.45) is 1.83. The second kappa shape index (κ2) is 5.29. The van der Waals surface area contributed by atoms with Gasteiger partial charge >= 0.3 is 5.97 Å². The molecule has 0 aliphatic heterocycles. The zero-order valence-corrected chi connectivity index (χ0v) is 9.34. The molecular formula is C10H15N3O3. The Morgan fingerprint density at radius 2 is 2.31 bits per heavy atom.